The first kappa shape index (κ1) is 18.5. The minimum atomic E-state index is 0. The second kappa shape index (κ2) is 8.76. The van der Waals surface area contributed by atoms with Gasteiger partial charge < -0.3 is 10.6 Å². The highest BCUT2D eigenvalue weighted by atomic mass is 79.9. The number of nitrogens with one attached hydrogen (secondary N) is 2. The second-order valence-electron chi connectivity index (χ2n) is 5.66. The summed E-state index contributed by atoms with van der Waals surface area (Å²) in [5, 5.41) is 5.99. The predicted octanol–water partition coefficient (Wildman–Crippen LogP) is 3.41. The molecule has 0 spiro atoms. The molecule has 1 fully saturated rings. The highest BCUT2D eigenvalue weighted by molar-refractivity contribution is 9.10. The van der Waals surface area contributed by atoms with Gasteiger partial charge in [-0.25, -0.2) is 0 Å². The average Bonchev–Trinajstić information content (AvgIpc) is 2.46. The molecule has 1 saturated carbocycles. The summed E-state index contributed by atoms with van der Waals surface area (Å²) in [6, 6.07) is 8.54. The summed E-state index contributed by atoms with van der Waals surface area (Å²) in [5.74, 6) is 0.0763. The Morgan fingerprint density at radius 3 is 2.62 bits per heavy atom. The fourth-order valence-corrected chi connectivity index (χ4v) is 3.50. The van der Waals surface area contributed by atoms with Crippen LogP contribution in [0.15, 0.2) is 28.7 Å². The van der Waals surface area contributed by atoms with Crippen LogP contribution in [0.25, 0.3) is 0 Å². The Kier molecular flexibility index (Phi) is 7.71. The lowest BCUT2D eigenvalue weighted by Gasteiger charge is -2.38. The SMILES string of the molecule is CNCC(=O)NCC1(c2cccc(Br)c2)CCCCC1.Cl. The van der Waals surface area contributed by atoms with E-state index in [1.54, 1.807) is 7.05 Å². The van der Waals surface area contributed by atoms with Crippen molar-refractivity contribution in [3.05, 3.63) is 34.3 Å². The minimum Gasteiger partial charge on any atom is -0.354 e. The Morgan fingerprint density at radius 1 is 1.29 bits per heavy atom. The first-order valence-corrected chi connectivity index (χ1v) is 8.13. The molecule has 1 aromatic rings. The molecule has 1 aliphatic carbocycles. The van der Waals surface area contributed by atoms with Crippen LogP contribution in [-0.2, 0) is 10.2 Å². The van der Waals surface area contributed by atoms with E-state index in [0.29, 0.717) is 6.54 Å². The van der Waals surface area contributed by atoms with Crippen LogP contribution in [-0.4, -0.2) is 26.0 Å². The Morgan fingerprint density at radius 2 is 2.00 bits per heavy atom. The highest BCUT2D eigenvalue weighted by Crippen LogP contribution is 2.39. The number of carbonyl (C=O) groups excluding carboxylic acids is 1. The summed E-state index contributed by atoms with van der Waals surface area (Å²) in [5.41, 5.74) is 1.45. The van der Waals surface area contributed by atoms with Crippen LogP contribution < -0.4 is 10.6 Å². The van der Waals surface area contributed by atoms with E-state index >= 15 is 0 Å². The monoisotopic (exact) mass is 374 g/mol. The van der Waals surface area contributed by atoms with Gasteiger partial charge in [-0.3, -0.25) is 4.79 Å². The number of amides is 1. The van der Waals surface area contributed by atoms with E-state index in [9.17, 15) is 4.79 Å². The predicted molar refractivity (Wildman–Crippen MR) is 93.1 cm³/mol. The number of halogens is 2. The summed E-state index contributed by atoms with van der Waals surface area (Å²) in [4.78, 5) is 11.7. The van der Waals surface area contributed by atoms with Crippen molar-refractivity contribution in [1.29, 1.82) is 0 Å². The van der Waals surface area contributed by atoms with E-state index in [0.717, 1.165) is 23.9 Å². The molecule has 1 aliphatic rings. The van der Waals surface area contributed by atoms with Gasteiger partial charge in [0.1, 0.15) is 0 Å². The summed E-state index contributed by atoms with van der Waals surface area (Å²) >= 11 is 3.56. The number of carbonyl (C=O) groups is 1. The van der Waals surface area contributed by atoms with Gasteiger partial charge in [-0.05, 0) is 37.6 Å². The first-order chi connectivity index (χ1) is 9.66. The molecule has 0 atom stereocenters. The third kappa shape index (κ3) is 4.97. The van der Waals surface area contributed by atoms with Crippen molar-refractivity contribution in [3.63, 3.8) is 0 Å². The van der Waals surface area contributed by atoms with Gasteiger partial charge in [-0.2, -0.15) is 0 Å². The molecule has 1 aromatic carbocycles. The van der Waals surface area contributed by atoms with Gasteiger partial charge in [-0.1, -0.05) is 47.3 Å². The van der Waals surface area contributed by atoms with E-state index in [4.69, 9.17) is 0 Å². The van der Waals surface area contributed by atoms with Crippen LogP contribution >= 0.6 is 28.3 Å². The standard InChI is InChI=1S/C16H23BrN2O.ClH/c1-18-11-15(20)19-12-16(8-3-2-4-9-16)13-6-5-7-14(17)10-13;/h5-7,10,18H,2-4,8-9,11-12H2,1H3,(H,19,20);1H. The normalized spacial score (nSPS) is 16.9. The summed E-state index contributed by atoms with van der Waals surface area (Å²) in [6.45, 7) is 1.12. The van der Waals surface area contributed by atoms with Gasteiger partial charge >= 0.3 is 0 Å². The van der Waals surface area contributed by atoms with Gasteiger partial charge in [-0.15, -0.1) is 12.4 Å². The van der Waals surface area contributed by atoms with Crippen LogP contribution in [0.1, 0.15) is 37.7 Å². The molecule has 0 bridgehead atoms. The van der Waals surface area contributed by atoms with E-state index in [1.165, 1.54) is 24.8 Å². The van der Waals surface area contributed by atoms with Crippen LogP contribution in [0.4, 0.5) is 0 Å². The average molecular weight is 376 g/mol. The first-order valence-electron chi connectivity index (χ1n) is 7.34. The van der Waals surface area contributed by atoms with Crippen LogP contribution in [0.5, 0.6) is 0 Å². The van der Waals surface area contributed by atoms with Crippen molar-refractivity contribution in [2.45, 2.75) is 37.5 Å². The molecule has 2 rings (SSSR count). The van der Waals surface area contributed by atoms with Crippen molar-refractivity contribution in [3.8, 4) is 0 Å². The summed E-state index contributed by atoms with van der Waals surface area (Å²) in [7, 11) is 1.80. The Labute approximate surface area is 141 Å². The van der Waals surface area contributed by atoms with Gasteiger partial charge in [0.2, 0.25) is 5.91 Å². The highest BCUT2D eigenvalue weighted by Gasteiger charge is 2.34. The number of hydrogen-bond acceptors (Lipinski definition) is 2. The molecule has 118 valence electrons. The van der Waals surface area contributed by atoms with Crippen molar-refractivity contribution >= 4 is 34.2 Å². The van der Waals surface area contributed by atoms with E-state index in [2.05, 4.69) is 50.8 Å². The van der Waals surface area contributed by atoms with Crippen LogP contribution in [0.2, 0.25) is 0 Å². The maximum absolute atomic E-state index is 11.7. The largest absolute Gasteiger partial charge is 0.354 e. The quantitative estimate of drug-likeness (QED) is 0.828. The zero-order valence-electron chi connectivity index (χ0n) is 12.5. The minimum absolute atomic E-state index is 0. The zero-order chi connectivity index (χ0) is 14.4. The van der Waals surface area contributed by atoms with Gasteiger partial charge in [0.25, 0.3) is 0 Å². The van der Waals surface area contributed by atoms with Crippen molar-refractivity contribution in [2.24, 2.45) is 0 Å². The van der Waals surface area contributed by atoms with E-state index in [-0.39, 0.29) is 23.7 Å². The maximum atomic E-state index is 11.7. The fourth-order valence-electron chi connectivity index (χ4n) is 3.11. The van der Waals surface area contributed by atoms with Crippen molar-refractivity contribution < 1.29 is 4.79 Å². The Balaban J connectivity index is 0.00000220. The fraction of sp³-hybridized carbons (Fsp3) is 0.562. The third-order valence-corrected chi connectivity index (χ3v) is 4.70. The summed E-state index contributed by atoms with van der Waals surface area (Å²) < 4.78 is 1.11. The van der Waals surface area contributed by atoms with E-state index in [1.807, 2.05) is 0 Å². The maximum Gasteiger partial charge on any atom is 0.233 e. The molecular weight excluding hydrogens is 352 g/mol. The number of rotatable bonds is 5. The van der Waals surface area contributed by atoms with E-state index < -0.39 is 0 Å². The van der Waals surface area contributed by atoms with Crippen molar-refractivity contribution in [2.75, 3.05) is 20.1 Å². The molecule has 0 aromatic heterocycles. The zero-order valence-corrected chi connectivity index (χ0v) is 14.9. The third-order valence-electron chi connectivity index (χ3n) is 4.21. The molecule has 21 heavy (non-hydrogen) atoms. The lowest BCUT2D eigenvalue weighted by molar-refractivity contribution is -0.120. The molecule has 0 heterocycles. The lowest BCUT2D eigenvalue weighted by Crippen LogP contribution is -2.44. The summed E-state index contributed by atoms with van der Waals surface area (Å²) in [6.07, 6.45) is 6.11. The number of hydrogen-bond donors (Lipinski definition) is 2. The number of benzene rings is 1. The molecule has 0 unspecified atom stereocenters. The van der Waals surface area contributed by atoms with Crippen molar-refractivity contribution in [1.82, 2.24) is 10.6 Å². The Hall–Kier alpha value is -0.580. The van der Waals surface area contributed by atoms with Gasteiger partial charge in [0, 0.05) is 16.4 Å². The molecule has 1 amide bonds. The lowest BCUT2D eigenvalue weighted by atomic mass is 9.69. The molecule has 0 radical (unpaired) electrons. The molecule has 2 N–H and O–H groups in total. The smallest absolute Gasteiger partial charge is 0.233 e. The molecule has 0 saturated heterocycles. The molecule has 5 heteroatoms. The molecule has 0 aliphatic heterocycles. The van der Waals surface area contributed by atoms with Gasteiger partial charge in [0.05, 0.1) is 6.54 Å². The van der Waals surface area contributed by atoms with Crippen LogP contribution in [0.3, 0.4) is 0 Å². The second-order valence-corrected chi connectivity index (χ2v) is 6.57. The topological polar surface area (TPSA) is 41.1 Å². The Bertz CT molecular complexity index is 461. The number of likely N-dealkylation sites (N-methyl/N-ethyl adjacent to an activating group) is 1. The molecule has 3 nitrogen and oxygen atoms in total. The van der Waals surface area contributed by atoms with Gasteiger partial charge in [0.15, 0.2) is 0 Å². The molecular formula is C16H24BrClN2O. The van der Waals surface area contributed by atoms with Crippen LogP contribution in [0, 0.1) is 0 Å².